The molecule has 0 fully saturated rings. The summed E-state index contributed by atoms with van der Waals surface area (Å²) < 4.78 is 18.1. The van der Waals surface area contributed by atoms with Crippen molar-refractivity contribution in [2.45, 2.75) is 24.4 Å². The zero-order chi connectivity index (χ0) is 20.9. The van der Waals surface area contributed by atoms with Gasteiger partial charge in [0.25, 0.3) is 0 Å². The number of thioether (sulfide) groups is 1. The highest BCUT2D eigenvalue weighted by atomic mass is 32.2. The first-order chi connectivity index (χ1) is 14.7. The van der Waals surface area contributed by atoms with Crippen LogP contribution in [0.1, 0.15) is 12.8 Å². The first-order valence-electron chi connectivity index (χ1n) is 9.24. The summed E-state index contributed by atoms with van der Waals surface area (Å²) in [6.45, 7) is 2.80. The van der Waals surface area contributed by atoms with E-state index < -0.39 is 0 Å². The molecule has 0 atom stereocenters. The molecule has 0 aliphatic rings. The predicted octanol–water partition coefficient (Wildman–Crippen LogP) is 3.72. The van der Waals surface area contributed by atoms with Crippen LogP contribution in [0.4, 0.5) is 0 Å². The smallest absolute Gasteiger partial charge is 0.237 e. The summed E-state index contributed by atoms with van der Waals surface area (Å²) in [5, 5.41) is 13.5. The zero-order valence-electron chi connectivity index (χ0n) is 16.8. The summed E-state index contributed by atoms with van der Waals surface area (Å²) in [6.07, 6.45) is 3.48. The maximum Gasteiger partial charge on any atom is 0.237 e. The highest BCUT2D eigenvalue weighted by molar-refractivity contribution is 7.98. The quantitative estimate of drug-likeness (QED) is 0.392. The third kappa shape index (κ3) is 3.99. The molecule has 4 rings (SSSR count). The third-order valence-corrected chi connectivity index (χ3v) is 5.37. The molecule has 154 valence electrons. The van der Waals surface area contributed by atoms with E-state index in [2.05, 4.69) is 32.2 Å². The summed E-state index contributed by atoms with van der Waals surface area (Å²) in [7, 11) is 3.19. The molecular formula is C20H20N6O3S. The molecule has 0 aliphatic carbocycles. The molecule has 0 radical (unpaired) electrons. The average Bonchev–Trinajstić information content (AvgIpc) is 3.44. The number of hydrogen-bond donors (Lipinski definition) is 0. The van der Waals surface area contributed by atoms with Crippen LogP contribution in [0.2, 0.25) is 0 Å². The summed E-state index contributed by atoms with van der Waals surface area (Å²) in [5.41, 5.74) is 1.70. The van der Waals surface area contributed by atoms with Gasteiger partial charge >= 0.3 is 0 Å². The Morgan fingerprint density at radius 3 is 2.63 bits per heavy atom. The fourth-order valence-electron chi connectivity index (χ4n) is 2.93. The SMILES string of the molecule is CCn1c(SCc2nc(-c3ccc(OC)cc3OC)no2)nnc1-c1ccncc1. The molecule has 0 N–H and O–H groups in total. The van der Waals surface area contributed by atoms with Crippen molar-refractivity contribution in [1.29, 1.82) is 0 Å². The van der Waals surface area contributed by atoms with Crippen LogP contribution in [0.15, 0.2) is 52.4 Å². The summed E-state index contributed by atoms with van der Waals surface area (Å²) in [4.78, 5) is 8.55. The molecule has 3 heterocycles. The van der Waals surface area contributed by atoms with Gasteiger partial charge in [-0.2, -0.15) is 4.98 Å². The number of nitrogens with zero attached hydrogens (tertiary/aromatic N) is 6. The minimum atomic E-state index is 0.458. The van der Waals surface area contributed by atoms with E-state index in [4.69, 9.17) is 14.0 Å². The number of rotatable bonds is 8. The maximum atomic E-state index is 5.43. The molecule has 0 aliphatic heterocycles. The minimum Gasteiger partial charge on any atom is -0.497 e. The molecule has 0 unspecified atom stereocenters. The van der Waals surface area contributed by atoms with Gasteiger partial charge in [-0.05, 0) is 31.2 Å². The van der Waals surface area contributed by atoms with E-state index in [9.17, 15) is 0 Å². The Morgan fingerprint density at radius 2 is 1.90 bits per heavy atom. The van der Waals surface area contributed by atoms with Crippen molar-refractivity contribution < 1.29 is 14.0 Å². The van der Waals surface area contributed by atoms with Crippen molar-refractivity contribution in [1.82, 2.24) is 29.9 Å². The number of aromatic nitrogens is 6. The van der Waals surface area contributed by atoms with Crippen molar-refractivity contribution in [2.75, 3.05) is 14.2 Å². The van der Waals surface area contributed by atoms with E-state index >= 15 is 0 Å². The highest BCUT2D eigenvalue weighted by Crippen LogP contribution is 2.32. The first kappa shape index (κ1) is 19.9. The standard InChI is InChI=1S/C20H20N6O3S/c1-4-26-19(13-7-9-21-10-8-13)23-24-20(26)30-12-17-22-18(25-29-17)15-6-5-14(27-2)11-16(15)28-3/h5-11H,4,12H2,1-3H3. The van der Waals surface area contributed by atoms with Crippen molar-refractivity contribution in [3.63, 3.8) is 0 Å². The van der Waals surface area contributed by atoms with Gasteiger partial charge in [-0.1, -0.05) is 16.9 Å². The Balaban J connectivity index is 1.51. The van der Waals surface area contributed by atoms with Crippen LogP contribution in [0, 0.1) is 0 Å². The molecule has 0 bridgehead atoms. The fraction of sp³-hybridized carbons (Fsp3) is 0.250. The molecular weight excluding hydrogens is 404 g/mol. The van der Waals surface area contributed by atoms with Gasteiger partial charge in [0.2, 0.25) is 11.7 Å². The summed E-state index contributed by atoms with van der Waals surface area (Å²) in [6, 6.07) is 9.28. The van der Waals surface area contributed by atoms with Gasteiger partial charge in [0.15, 0.2) is 11.0 Å². The lowest BCUT2D eigenvalue weighted by Gasteiger charge is -2.07. The van der Waals surface area contributed by atoms with Crippen molar-refractivity contribution in [3.8, 4) is 34.3 Å². The molecule has 0 amide bonds. The van der Waals surface area contributed by atoms with Crippen LogP contribution in [-0.2, 0) is 12.3 Å². The van der Waals surface area contributed by atoms with E-state index in [0.717, 1.165) is 28.7 Å². The molecule has 3 aromatic heterocycles. The van der Waals surface area contributed by atoms with E-state index in [1.807, 2.05) is 28.8 Å². The van der Waals surface area contributed by atoms with Crippen molar-refractivity contribution in [2.24, 2.45) is 0 Å². The molecule has 4 aromatic rings. The van der Waals surface area contributed by atoms with Gasteiger partial charge in [-0.3, -0.25) is 4.98 Å². The monoisotopic (exact) mass is 424 g/mol. The minimum absolute atomic E-state index is 0.458. The van der Waals surface area contributed by atoms with E-state index in [0.29, 0.717) is 29.0 Å². The number of hydrogen-bond acceptors (Lipinski definition) is 9. The highest BCUT2D eigenvalue weighted by Gasteiger charge is 2.17. The Hall–Kier alpha value is -3.40. The van der Waals surface area contributed by atoms with Gasteiger partial charge < -0.3 is 18.6 Å². The summed E-state index contributed by atoms with van der Waals surface area (Å²) >= 11 is 1.49. The van der Waals surface area contributed by atoms with Crippen LogP contribution in [0.25, 0.3) is 22.8 Å². The third-order valence-electron chi connectivity index (χ3n) is 4.41. The van der Waals surface area contributed by atoms with Gasteiger partial charge in [0.1, 0.15) is 11.5 Å². The Morgan fingerprint density at radius 1 is 1.07 bits per heavy atom. The second-order valence-electron chi connectivity index (χ2n) is 6.15. The first-order valence-corrected chi connectivity index (χ1v) is 10.2. The molecule has 9 nitrogen and oxygen atoms in total. The maximum absolute atomic E-state index is 5.43. The van der Waals surface area contributed by atoms with E-state index in [-0.39, 0.29) is 0 Å². The lowest BCUT2D eigenvalue weighted by Crippen LogP contribution is -2.00. The van der Waals surface area contributed by atoms with Crippen molar-refractivity contribution >= 4 is 11.8 Å². The van der Waals surface area contributed by atoms with Gasteiger partial charge in [0, 0.05) is 30.6 Å². The second-order valence-corrected chi connectivity index (χ2v) is 7.10. The average molecular weight is 424 g/mol. The Kier molecular flexibility index (Phi) is 5.94. The summed E-state index contributed by atoms with van der Waals surface area (Å²) in [5.74, 6) is 3.53. The number of pyridine rings is 1. The second kappa shape index (κ2) is 8.95. The Bertz CT molecular complexity index is 1130. The lowest BCUT2D eigenvalue weighted by molar-refractivity contribution is 0.388. The fourth-order valence-corrected chi connectivity index (χ4v) is 3.77. The van der Waals surface area contributed by atoms with E-state index in [1.54, 1.807) is 32.7 Å². The molecule has 0 saturated heterocycles. The van der Waals surface area contributed by atoms with Crippen LogP contribution < -0.4 is 9.47 Å². The molecule has 0 spiro atoms. The number of methoxy groups -OCH3 is 2. The van der Waals surface area contributed by atoms with Crippen LogP contribution >= 0.6 is 11.8 Å². The number of benzene rings is 1. The van der Waals surface area contributed by atoms with Gasteiger partial charge in [-0.15, -0.1) is 10.2 Å². The lowest BCUT2D eigenvalue weighted by atomic mass is 10.2. The predicted molar refractivity (Wildman–Crippen MR) is 111 cm³/mol. The zero-order valence-corrected chi connectivity index (χ0v) is 17.6. The topological polar surface area (TPSA) is 101 Å². The molecule has 10 heteroatoms. The Labute approximate surface area is 177 Å². The normalized spacial score (nSPS) is 10.9. The molecule has 30 heavy (non-hydrogen) atoms. The molecule has 1 aromatic carbocycles. The molecule has 0 saturated carbocycles. The van der Waals surface area contributed by atoms with Crippen LogP contribution in [-0.4, -0.2) is 44.1 Å². The van der Waals surface area contributed by atoms with Gasteiger partial charge in [0.05, 0.1) is 25.5 Å². The van der Waals surface area contributed by atoms with Gasteiger partial charge in [-0.25, -0.2) is 0 Å². The largest absolute Gasteiger partial charge is 0.497 e. The van der Waals surface area contributed by atoms with Crippen LogP contribution in [0.5, 0.6) is 11.5 Å². The van der Waals surface area contributed by atoms with Crippen molar-refractivity contribution in [3.05, 3.63) is 48.6 Å². The van der Waals surface area contributed by atoms with Crippen LogP contribution in [0.3, 0.4) is 0 Å². The number of ether oxygens (including phenoxy) is 2. The van der Waals surface area contributed by atoms with E-state index in [1.165, 1.54) is 11.8 Å².